The molecule has 2 rings (SSSR count). The van der Waals surface area contributed by atoms with Gasteiger partial charge in [-0.05, 0) is 48.9 Å². The number of nitrogens with zero attached hydrogens (tertiary/aromatic N) is 1. The second-order valence-corrected chi connectivity index (χ2v) is 5.95. The molecule has 0 bridgehead atoms. The monoisotopic (exact) mass is 319 g/mol. The van der Waals surface area contributed by atoms with Gasteiger partial charge in [0.1, 0.15) is 5.75 Å². The van der Waals surface area contributed by atoms with E-state index in [0.29, 0.717) is 25.8 Å². The quantitative estimate of drug-likeness (QED) is 0.748. The molecule has 0 fully saturated rings. The molecule has 5 heteroatoms. The summed E-state index contributed by atoms with van der Waals surface area (Å²) in [4.78, 5) is 24.6. The van der Waals surface area contributed by atoms with Gasteiger partial charge in [0.05, 0.1) is 6.61 Å². The topological polar surface area (TPSA) is 66.8 Å². The van der Waals surface area contributed by atoms with Crippen molar-refractivity contribution in [1.29, 1.82) is 0 Å². The lowest BCUT2D eigenvalue weighted by Gasteiger charge is -2.29. The van der Waals surface area contributed by atoms with E-state index in [9.17, 15) is 9.59 Å². The van der Waals surface area contributed by atoms with Crippen LogP contribution in [0.5, 0.6) is 5.75 Å². The van der Waals surface area contributed by atoms with Gasteiger partial charge in [0.2, 0.25) is 5.91 Å². The van der Waals surface area contributed by atoms with E-state index in [2.05, 4.69) is 13.0 Å². The third kappa shape index (κ3) is 5.27. The molecule has 1 aromatic rings. The van der Waals surface area contributed by atoms with Crippen molar-refractivity contribution in [2.45, 2.75) is 52.0 Å². The van der Waals surface area contributed by atoms with Crippen molar-refractivity contribution < 1.29 is 19.4 Å². The smallest absolute Gasteiger partial charge is 0.303 e. The third-order valence-electron chi connectivity index (χ3n) is 4.05. The fourth-order valence-corrected chi connectivity index (χ4v) is 2.76. The molecular weight excluding hydrogens is 294 g/mol. The van der Waals surface area contributed by atoms with Crippen LogP contribution < -0.4 is 4.74 Å². The standard InChI is InChI=1S/C18H25NO4/c1-2-11-23-16-8-7-15-13-19(10-9-14(15)12-16)17(20)5-3-4-6-18(21)22/h7-8,12H,2-6,9-11,13H2,1H3,(H,21,22). The number of carboxylic acids is 1. The first kappa shape index (κ1) is 17.3. The number of carbonyl (C=O) groups is 2. The Morgan fingerprint density at radius 2 is 2.00 bits per heavy atom. The summed E-state index contributed by atoms with van der Waals surface area (Å²) in [5, 5.41) is 8.61. The minimum Gasteiger partial charge on any atom is -0.494 e. The highest BCUT2D eigenvalue weighted by atomic mass is 16.5. The zero-order valence-electron chi connectivity index (χ0n) is 13.7. The van der Waals surface area contributed by atoms with Crippen LogP contribution in [0.25, 0.3) is 0 Å². The van der Waals surface area contributed by atoms with Gasteiger partial charge in [0.15, 0.2) is 0 Å². The van der Waals surface area contributed by atoms with Crippen LogP contribution in [0.4, 0.5) is 0 Å². The lowest BCUT2D eigenvalue weighted by atomic mass is 9.99. The van der Waals surface area contributed by atoms with E-state index < -0.39 is 5.97 Å². The Morgan fingerprint density at radius 1 is 1.22 bits per heavy atom. The molecule has 0 aliphatic carbocycles. The van der Waals surface area contributed by atoms with E-state index in [1.54, 1.807) is 0 Å². The van der Waals surface area contributed by atoms with Gasteiger partial charge in [-0.3, -0.25) is 9.59 Å². The van der Waals surface area contributed by atoms with E-state index in [-0.39, 0.29) is 12.3 Å². The average molecular weight is 319 g/mol. The first-order valence-corrected chi connectivity index (χ1v) is 8.34. The van der Waals surface area contributed by atoms with Crippen LogP contribution in [-0.4, -0.2) is 35.0 Å². The van der Waals surface area contributed by atoms with Crippen LogP contribution >= 0.6 is 0 Å². The molecule has 0 aromatic heterocycles. The maximum Gasteiger partial charge on any atom is 0.303 e. The number of benzene rings is 1. The van der Waals surface area contributed by atoms with Gasteiger partial charge in [-0.2, -0.15) is 0 Å². The van der Waals surface area contributed by atoms with Crippen LogP contribution in [0.1, 0.15) is 50.2 Å². The van der Waals surface area contributed by atoms with E-state index >= 15 is 0 Å². The highest BCUT2D eigenvalue weighted by Crippen LogP contribution is 2.24. The van der Waals surface area contributed by atoms with Gasteiger partial charge in [0, 0.05) is 25.9 Å². The molecular formula is C18H25NO4. The summed E-state index contributed by atoms with van der Waals surface area (Å²) in [7, 11) is 0. The molecule has 1 N–H and O–H groups in total. The summed E-state index contributed by atoms with van der Waals surface area (Å²) < 4.78 is 5.65. The van der Waals surface area contributed by atoms with Crippen LogP contribution in [-0.2, 0) is 22.6 Å². The van der Waals surface area contributed by atoms with Crippen molar-refractivity contribution in [3.8, 4) is 5.75 Å². The minimum atomic E-state index is -0.801. The molecule has 0 unspecified atom stereocenters. The predicted octanol–water partition coefficient (Wildman–Crippen LogP) is 3.01. The Balaban J connectivity index is 1.85. The maximum absolute atomic E-state index is 12.2. The second kappa shape index (κ2) is 8.56. The molecule has 1 heterocycles. The van der Waals surface area contributed by atoms with E-state index in [0.717, 1.165) is 31.7 Å². The Kier molecular flexibility index (Phi) is 6.44. The van der Waals surface area contributed by atoms with Gasteiger partial charge in [-0.1, -0.05) is 13.0 Å². The van der Waals surface area contributed by atoms with E-state index in [4.69, 9.17) is 9.84 Å². The molecule has 23 heavy (non-hydrogen) atoms. The summed E-state index contributed by atoms with van der Waals surface area (Å²) in [6.45, 7) is 4.17. The van der Waals surface area contributed by atoms with Crippen molar-refractivity contribution in [3.63, 3.8) is 0 Å². The first-order valence-electron chi connectivity index (χ1n) is 8.34. The van der Waals surface area contributed by atoms with Crippen molar-refractivity contribution in [1.82, 2.24) is 4.90 Å². The van der Waals surface area contributed by atoms with Gasteiger partial charge < -0.3 is 14.7 Å². The molecule has 0 atom stereocenters. The number of aliphatic carboxylic acids is 1. The van der Waals surface area contributed by atoms with Crippen molar-refractivity contribution in [2.75, 3.05) is 13.2 Å². The van der Waals surface area contributed by atoms with Crippen LogP contribution in [0.2, 0.25) is 0 Å². The number of amides is 1. The molecule has 1 amide bonds. The van der Waals surface area contributed by atoms with Crippen molar-refractivity contribution in [2.24, 2.45) is 0 Å². The molecule has 126 valence electrons. The number of hydrogen-bond acceptors (Lipinski definition) is 3. The Hall–Kier alpha value is -2.04. The number of carboxylic acid groups (broad SMARTS) is 1. The van der Waals surface area contributed by atoms with Crippen molar-refractivity contribution in [3.05, 3.63) is 29.3 Å². The predicted molar refractivity (Wildman–Crippen MR) is 87.5 cm³/mol. The zero-order valence-corrected chi connectivity index (χ0v) is 13.7. The fourth-order valence-electron chi connectivity index (χ4n) is 2.76. The van der Waals surface area contributed by atoms with Crippen LogP contribution in [0.15, 0.2) is 18.2 Å². The summed E-state index contributed by atoms with van der Waals surface area (Å²) in [6, 6.07) is 6.10. The zero-order chi connectivity index (χ0) is 16.7. The Morgan fingerprint density at radius 3 is 2.74 bits per heavy atom. The molecule has 0 spiro atoms. The lowest BCUT2D eigenvalue weighted by Crippen LogP contribution is -2.35. The molecule has 5 nitrogen and oxygen atoms in total. The largest absolute Gasteiger partial charge is 0.494 e. The third-order valence-corrected chi connectivity index (χ3v) is 4.05. The van der Waals surface area contributed by atoms with Crippen molar-refractivity contribution >= 4 is 11.9 Å². The first-order chi connectivity index (χ1) is 11.1. The van der Waals surface area contributed by atoms with Gasteiger partial charge >= 0.3 is 5.97 Å². The number of fused-ring (bicyclic) bond motifs is 1. The van der Waals surface area contributed by atoms with Gasteiger partial charge in [-0.15, -0.1) is 0 Å². The Bertz CT molecular complexity index is 556. The lowest BCUT2D eigenvalue weighted by molar-refractivity contribution is -0.137. The van der Waals surface area contributed by atoms with E-state index in [1.165, 1.54) is 11.1 Å². The van der Waals surface area contributed by atoms with E-state index in [1.807, 2.05) is 17.0 Å². The van der Waals surface area contributed by atoms with Crippen LogP contribution in [0.3, 0.4) is 0 Å². The number of ether oxygens (including phenoxy) is 1. The van der Waals surface area contributed by atoms with Gasteiger partial charge in [-0.25, -0.2) is 0 Å². The average Bonchev–Trinajstić information content (AvgIpc) is 2.55. The molecule has 0 saturated heterocycles. The summed E-state index contributed by atoms with van der Waals surface area (Å²) in [5.74, 6) is 0.219. The normalized spacial score (nSPS) is 13.5. The van der Waals surface area contributed by atoms with Gasteiger partial charge in [0.25, 0.3) is 0 Å². The number of rotatable bonds is 8. The highest BCUT2D eigenvalue weighted by molar-refractivity contribution is 5.76. The molecule has 1 aromatic carbocycles. The number of unbranched alkanes of at least 4 members (excludes halogenated alkanes) is 1. The number of hydrogen-bond donors (Lipinski definition) is 1. The fraction of sp³-hybridized carbons (Fsp3) is 0.556. The second-order valence-electron chi connectivity index (χ2n) is 5.95. The molecule has 1 aliphatic rings. The summed E-state index contributed by atoms with van der Waals surface area (Å²) in [5.41, 5.74) is 2.44. The Labute approximate surface area is 137 Å². The number of carbonyl (C=O) groups excluding carboxylic acids is 1. The maximum atomic E-state index is 12.2. The molecule has 0 radical (unpaired) electrons. The molecule has 0 saturated carbocycles. The SMILES string of the molecule is CCCOc1ccc2c(c1)CCN(C(=O)CCCCC(=O)O)C2. The minimum absolute atomic E-state index is 0.118. The highest BCUT2D eigenvalue weighted by Gasteiger charge is 2.20. The molecule has 1 aliphatic heterocycles. The summed E-state index contributed by atoms with van der Waals surface area (Å²) in [6.07, 6.45) is 3.60. The van der Waals surface area contributed by atoms with Crippen LogP contribution in [0, 0.1) is 0 Å². The summed E-state index contributed by atoms with van der Waals surface area (Å²) >= 11 is 0.